The van der Waals surface area contributed by atoms with E-state index in [1.54, 1.807) is 6.20 Å². The summed E-state index contributed by atoms with van der Waals surface area (Å²) in [6.45, 7) is 0. The molecule has 3 rings (SSSR count). The van der Waals surface area contributed by atoms with Crippen molar-refractivity contribution in [2.24, 2.45) is 0 Å². The summed E-state index contributed by atoms with van der Waals surface area (Å²) in [6.07, 6.45) is 2.73. The highest BCUT2D eigenvalue weighted by molar-refractivity contribution is 6.00. The molecule has 0 amide bonds. The van der Waals surface area contributed by atoms with Gasteiger partial charge in [0.25, 0.3) is 5.56 Å². The van der Waals surface area contributed by atoms with Crippen LogP contribution >= 0.6 is 0 Å². The summed E-state index contributed by atoms with van der Waals surface area (Å²) in [5.74, 6) is -0.589. The van der Waals surface area contributed by atoms with Gasteiger partial charge in [-0.2, -0.15) is 9.61 Å². The number of para-hydroxylation sites is 1. The van der Waals surface area contributed by atoms with Crippen molar-refractivity contribution < 1.29 is 9.53 Å². The fraction of sp³-hybridized carbons (Fsp3) is 0.0833. The van der Waals surface area contributed by atoms with E-state index in [1.165, 1.54) is 11.6 Å². The van der Waals surface area contributed by atoms with Crippen molar-refractivity contribution in [1.82, 2.24) is 14.6 Å². The molecule has 6 heteroatoms. The summed E-state index contributed by atoms with van der Waals surface area (Å²) in [5.41, 5.74) is 1.07. The molecule has 0 atom stereocenters. The first-order valence-corrected chi connectivity index (χ1v) is 5.29. The lowest BCUT2D eigenvalue weighted by molar-refractivity contribution is -0.133. The van der Waals surface area contributed by atoms with E-state index in [-0.39, 0.29) is 10.9 Å². The Morgan fingerprint density at radius 3 is 3.11 bits per heavy atom. The average molecular weight is 243 g/mol. The number of carbonyl (C=O) groups excluding carboxylic acids is 1. The Morgan fingerprint density at radius 1 is 1.50 bits per heavy atom. The molecule has 1 N–H and O–H groups in total. The minimum atomic E-state index is -0.589. The number of aromatic nitrogens is 3. The van der Waals surface area contributed by atoms with Crippen molar-refractivity contribution in [3.05, 3.63) is 40.1 Å². The second-order valence-corrected chi connectivity index (χ2v) is 3.81. The predicted octanol–water partition coefficient (Wildman–Crippen LogP) is -0.152. The number of esters is 1. The molecule has 1 aromatic carbocycles. The maximum absolute atomic E-state index is 12.1. The largest absolute Gasteiger partial charge is 0.466 e. The third-order valence-electron chi connectivity index (χ3n) is 2.75. The zero-order chi connectivity index (χ0) is 12.7. The molecule has 6 nitrogen and oxygen atoms in total. The van der Waals surface area contributed by atoms with Crippen LogP contribution in [0.5, 0.6) is 0 Å². The lowest BCUT2D eigenvalue weighted by Gasteiger charge is -1.99. The number of rotatable bonds is 1. The number of carbonyl (C=O) groups is 1. The Morgan fingerprint density at radius 2 is 2.33 bits per heavy atom. The number of benzene rings is 1. The van der Waals surface area contributed by atoms with Crippen LogP contribution in [0.1, 0.15) is 0 Å². The highest BCUT2D eigenvalue weighted by Gasteiger charge is 2.08. The smallest absolute Gasteiger partial charge is 0.332 e. The Bertz CT molecular complexity index is 860. The second-order valence-electron chi connectivity index (χ2n) is 3.81. The van der Waals surface area contributed by atoms with Crippen LogP contribution in [0.4, 0.5) is 0 Å². The number of nitrogens with one attached hydrogen (secondary N) is 1. The monoisotopic (exact) mass is 243 g/mol. The van der Waals surface area contributed by atoms with Crippen LogP contribution in [0.25, 0.3) is 22.5 Å². The fourth-order valence-electron chi connectivity index (χ4n) is 1.92. The van der Waals surface area contributed by atoms with E-state index in [0.29, 0.717) is 5.52 Å². The van der Waals surface area contributed by atoms with Gasteiger partial charge in [-0.3, -0.25) is 4.79 Å². The molecule has 18 heavy (non-hydrogen) atoms. The lowest BCUT2D eigenvalue weighted by atomic mass is 10.2. The number of ether oxygens (including phenoxy) is 1. The molecule has 0 aliphatic carbocycles. The van der Waals surface area contributed by atoms with Crippen molar-refractivity contribution in [2.75, 3.05) is 7.11 Å². The van der Waals surface area contributed by atoms with Crippen LogP contribution in [0.3, 0.4) is 0 Å². The van der Waals surface area contributed by atoms with E-state index >= 15 is 0 Å². The Hall–Kier alpha value is -2.63. The van der Waals surface area contributed by atoms with Gasteiger partial charge in [0.1, 0.15) is 10.9 Å². The van der Waals surface area contributed by atoms with Gasteiger partial charge in [0, 0.05) is 5.39 Å². The standard InChI is InChI=1S/C12H9N3O3/c1-18-10(16)5-9-12(17)15-11-7(6-13-15)3-2-4-8(11)14-9/h2-6,14H,1H3/b9-5+. The maximum Gasteiger partial charge on any atom is 0.332 e. The number of aromatic amines is 1. The summed E-state index contributed by atoms with van der Waals surface area (Å²) < 4.78 is 5.78. The predicted molar refractivity (Wildman–Crippen MR) is 65.0 cm³/mol. The van der Waals surface area contributed by atoms with E-state index in [1.807, 2.05) is 18.2 Å². The number of H-pyrrole nitrogens is 1. The first-order valence-electron chi connectivity index (χ1n) is 5.29. The van der Waals surface area contributed by atoms with Crippen molar-refractivity contribution in [3.63, 3.8) is 0 Å². The highest BCUT2D eigenvalue weighted by Crippen LogP contribution is 2.15. The van der Waals surface area contributed by atoms with E-state index in [0.717, 1.165) is 17.0 Å². The van der Waals surface area contributed by atoms with Crippen LogP contribution in [0.2, 0.25) is 0 Å². The number of nitrogens with zero attached hydrogens (tertiary/aromatic N) is 2. The number of methoxy groups -OCH3 is 1. The molecule has 90 valence electrons. The molecule has 0 radical (unpaired) electrons. The molecule has 2 heterocycles. The Labute approximate surface area is 100 Å². The minimum Gasteiger partial charge on any atom is -0.466 e. The van der Waals surface area contributed by atoms with Crippen molar-refractivity contribution >= 4 is 28.5 Å². The van der Waals surface area contributed by atoms with Crippen LogP contribution in [0, 0.1) is 0 Å². The van der Waals surface area contributed by atoms with Gasteiger partial charge in [0.05, 0.1) is 24.9 Å². The van der Waals surface area contributed by atoms with E-state index in [4.69, 9.17) is 0 Å². The molecule has 0 saturated carbocycles. The molecule has 0 fully saturated rings. The van der Waals surface area contributed by atoms with Gasteiger partial charge in [0.2, 0.25) is 0 Å². The molecular formula is C12H9N3O3. The van der Waals surface area contributed by atoms with Crippen LogP contribution in [-0.2, 0) is 9.53 Å². The van der Waals surface area contributed by atoms with E-state index < -0.39 is 5.97 Å². The minimum absolute atomic E-state index is 0.144. The highest BCUT2D eigenvalue weighted by atomic mass is 16.5. The quantitative estimate of drug-likeness (QED) is 0.603. The summed E-state index contributed by atoms with van der Waals surface area (Å²) in [4.78, 5) is 26.2. The topological polar surface area (TPSA) is 76.5 Å². The van der Waals surface area contributed by atoms with Crippen LogP contribution in [-0.4, -0.2) is 27.7 Å². The number of hydrogen-bond donors (Lipinski definition) is 1. The van der Waals surface area contributed by atoms with E-state index in [9.17, 15) is 9.59 Å². The average Bonchev–Trinajstić information content (AvgIpc) is 2.81. The molecule has 0 aliphatic heterocycles. The van der Waals surface area contributed by atoms with Gasteiger partial charge < -0.3 is 9.72 Å². The van der Waals surface area contributed by atoms with Gasteiger partial charge in [-0.25, -0.2) is 4.79 Å². The molecule has 0 aliphatic rings. The van der Waals surface area contributed by atoms with Crippen LogP contribution < -0.4 is 10.9 Å². The normalized spacial score (nSPS) is 12.4. The second kappa shape index (κ2) is 3.69. The molecule has 2 aromatic heterocycles. The molecule has 0 spiro atoms. The first-order chi connectivity index (χ1) is 8.70. The molecular weight excluding hydrogens is 234 g/mol. The summed E-state index contributed by atoms with van der Waals surface area (Å²) in [6, 6.07) is 5.53. The third-order valence-corrected chi connectivity index (χ3v) is 2.75. The Kier molecular flexibility index (Phi) is 2.16. The molecule has 0 saturated heterocycles. The first kappa shape index (κ1) is 10.5. The Balaban J connectivity index is 2.49. The summed E-state index contributed by atoms with van der Waals surface area (Å²) in [5, 5.41) is 5.03. The summed E-state index contributed by atoms with van der Waals surface area (Å²) in [7, 11) is 1.26. The van der Waals surface area contributed by atoms with Gasteiger partial charge in [-0.15, -0.1) is 0 Å². The van der Waals surface area contributed by atoms with Gasteiger partial charge in [0.15, 0.2) is 0 Å². The van der Waals surface area contributed by atoms with Crippen molar-refractivity contribution in [3.8, 4) is 0 Å². The molecule has 0 unspecified atom stereocenters. The molecule has 3 aromatic rings. The summed E-state index contributed by atoms with van der Waals surface area (Å²) >= 11 is 0. The zero-order valence-electron chi connectivity index (χ0n) is 9.51. The van der Waals surface area contributed by atoms with E-state index in [2.05, 4.69) is 14.8 Å². The maximum atomic E-state index is 12.1. The van der Waals surface area contributed by atoms with Crippen molar-refractivity contribution in [2.45, 2.75) is 0 Å². The van der Waals surface area contributed by atoms with Gasteiger partial charge in [-0.1, -0.05) is 12.1 Å². The van der Waals surface area contributed by atoms with Crippen LogP contribution in [0.15, 0.2) is 29.2 Å². The lowest BCUT2D eigenvalue weighted by Crippen LogP contribution is -2.35. The van der Waals surface area contributed by atoms with Gasteiger partial charge in [-0.05, 0) is 6.07 Å². The zero-order valence-corrected chi connectivity index (χ0v) is 9.51. The number of hydrogen-bond acceptors (Lipinski definition) is 4. The SMILES string of the molecule is COC(=O)/C=c1/[nH]c2cccc3cnn(c1=O)c32. The third kappa shape index (κ3) is 1.39. The fourth-order valence-corrected chi connectivity index (χ4v) is 1.92. The molecule has 0 bridgehead atoms. The van der Waals surface area contributed by atoms with Gasteiger partial charge >= 0.3 is 5.97 Å². The van der Waals surface area contributed by atoms with Crippen molar-refractivity contribution in [1.29, 1.82) is 0 Å².